The summed E-state index contributed by atoms with van der Waals surface area (Å²) in [5.41, 5.74) is 0. The smallest absolute Gasteiger partial charge is 0.0894 e. The highest BCUT2D eigenvalue weighted by atomic mass is 19.1. The van der Waals surface area contributed by atoms with Crippen LogP contribution in [0.3, 0.4) is 0 Å². The quantitative estimate of drug-likeness (QED) is 0.134. The molecule has 0 fully saturated rings. The van der Waals surface area contributed by atoms with Crippen molar-refractivity contribution < 1.29 is 4.39 Å². The van der Waals surface area contributed by atoms with Crippen LogP contribution < -0.4 is 0 Å². The fourth-order valence-corrected chi connectivity index (χ4v) is 4.07. The van der Waals surface area contributed by atoms with Crippen molar-refractivity contribution in [2.45, 2.75) is 161 Å². The zero-order chi connectivity index (χ0) is 20.4. The molecule has 1 radical (unpaired) electrons. The lowest BCUT2D eigenvalue weighted by molar-refractivity contribution is 0.450. The highest BCUT2D eigenvalue weighted by Gasteiger charge is 1.96. The lowest BCUT2D eigenvalue weighted by atomic mass is 10.0. The fourth-order valence-electron chi connectivity index (χ4n) is 4.07. The molecule has 0 saturated carbocycles. The van der Waals surface area contributed by atoms with Gasteiger partial charge in [-0.3, -0.25) is 4.39 Å². The van der Waals surface area contributed by atoms with Crippen LogP contribution in [0.4, 0.5) is 4.39 Å². The SMILES string of the molecule is CCCCCCCCCCCCCCCCCC[CH]CCCCCCCCF. The highest BCUT2D eigenvalue weighted by Crippen LogP contribution is 2.15. The largest absolute Gasteiger partial charge is 0.251 e. The first-order valence-electron chi connectivity index (χ1n) is 13.3. The number of rotatable bonds is 25. The lowest BCUT2D eigenvalue weighted by Gasteiger charge is -2.04. The van der Waals surface area contributed by atoms with Crippen molar-refractivity contribution in [3.05, 3.63) is 6.42 Å². The average Bonchev–Trinajstić information content (AvgIpc) is 2.71. The maximum atomic E-state index is 12.0. The Labute approximate surface area is 178 Å². The van der Waals surface area contributed by atoms with Crippen molar-refractivity contribution >= 4 is 0 Å². The molecule has 0 spiro atoms. The van der Waals surface area contributed by atoms with Crippen LogP contribution in [-0.4, -0.2) is 6.67 Å². The van der Waals surface area contributed by atoms with Gasteiger partial charge in [0.1, 0.15) is 0 Å². The van der Waals surface area contributed by atoms with Gasteiger partial charge in [0.15, 0.2) is 0 Å². The zero-order valence-corrected chi connectivity index (χ0v) is 19.6. The molecule has 0 rings (SSSR count). The molecule has 0 aliphatic rings. The van der Waals surface area contributed by atoms with E-state index in [1.54, 1.807) is 0 Å². The lowest BCUT2D eigenvalue weighted by Crippen LogP contribution is -1.85. The van der Waals surface area contributed by atoms with E-state index < -0.39 is 0 Å². The van der Waals surface area contributed by atoms with E-state index in [1.165, 1.54) is 141 Å². The van der Waals surface area contributed by atoms with Gasteiger partial charge in [0.25, 0.3) is 0 Å². The predicted octanol–water partition coefficient (Wildman–Crippen LogP) is 10.5. The Morgan fingerprint density at radius 1 is 0.393 bits per heavy atom. The Bertz CT molecular complexity index is 225. The van der Waals surface area contributed by atoms with Gasteiger partial charge in [0, 0.05) is 0 Å². The second kappa shape index (κ2) is 26.9. The number of halogens is 1. The summed E-state index contributed by atoms with van der Waals surface area (Å²) in [6, 6.07) is 0. The maximum Gasteiger partial charge on any atom is 0.0894 e. The second-order valence-corrected chi connectivity index (χ2v) is 8.98. The fraction of sp³-hybridized carbons (Fsp3) is 0.963. The molecule has 0 aromatic carbocycles. The Morgan fingerprint density at radius 2 is 0.679 bits per heavy atom. The summed E-state index contributed by atoms with van der Waals surface area (Å²) in [7, 11) is 0. The molecule has 0 atom stereocenters. The van der Waals surface area contributed by atoms with Gasteiger partial charge in [-0.25, -0.2) is 0 Å². The van der Waals surface area contributed by atoms with Crippen LogP contribution in [0, 0.1) is 6.42 Å². The Kier molecular flexibility index (Phi) is 26.9. The molecular formula is C27H54F. The number of hydrogen-bond donors (Lipinski definition) is 0. The zero-order valence-electron chi connectivity index (χ0n) is 19.6. The van der Waals surface area contributed by atoms with Gasteiger partial charge in [0.05, 0.1) is 6.67 Å². The molecule has 0 unspecified atom stereocenters. The number of unbranched alkanes of at least 4 members (excludes halogenated alkanes) is 24. The number of hydrogen-bond acceptors (Lipinski definition) is 0. The van der Waals surface area contributed by atoms with Gasteiger partial charge in [-0.05, 0) is 12.8 Å². The Balaban J connectivity index is 2.96. The van der Waals surface area contributed by atoms with Gasteiger partial charge in [-0.2, -0.15) is 0 Å². The number of alkyl halides is 1. The van der Waals surface area contributed by atoms with Crippen LogP contribution in [0.1, 0.15) is 161 Å². The van der Waals surface area contributed by atoms with Crippen LogP contribution in [-0.2, 0) is 0 Å². The highest BCUT2D eigenvalue weighted by molar-refractivity contribution is 4.64. The maximum absolute atomic E-state index is 12.0. The van der Waals surface area contributed by atoms with E-state index in [0.29, 0.717) is 0 Å². The van der Waals surface area contributed by atoms with E-state index in [4.69, 9.17) is 0 Å². The molecule has 169 valence electrons. The Hall–Kier alpha value is -0.0700. The molecule has 1 heteroatoms. The van der Waals surface area contributed by atoms with Gasteiger partial charge < -0.3 is 0 Å². The van der Waals surface area contributed by atoms with E-state index in [1.807, 2.05) is 0 Å². The van der Waals surface area contributed by atoms with Crippen LogP contribution >= 0.6 is 0 Å². The minimum absolute atomic E-state index is 0.132. The van der Waals surface area contributed by atoms with Gasteiger partial charge in [-0.15, -0.1) is 0 Å². The molecule has 0 aromatic heterocycles. The first-order chi connectivity index (χ1) is 13.9. The Morgan fingerprint density at radius 3 is 1.00 bits per heavy atom. The molecule has 0 amide bonds. The molecule has 0 nitrogen and oxygen atoms in total. The second-order valence-electron chi connectivity index (χ2n) is 8.98. The van der Waals surface area contributed by atoms with Gasteiger partial charge >= 0.3 is 0 Å². The summed E-state index contributed by atoms with van der Waals surface area (Å²) in [5, 5.41) is 0. The third-order valence-electron chi connectivity index (χ3n) is 6.05. The standard InChI is InChI=1S/C27H54F/c1-2-3-4-5-6-7-8-9-10-11-12-13-14-15-16-17-18-19-20-21-22-23-24-25-26-27-28/h19H,2-18,20-27H2,1H3. The van der Waals surface area contributed by atoms with E-state index in [-0.39, 0.29) is 6.67 Å². The summed E-state index contributed by atoms with van der Waals surface area (Å²) >= 11 is 0. The first-order valence-corrected chi connectivity index (χ1v) is 13.3. The molecule has 0 aliphatic carbocycles. The minimum Gasteiger partial charge on any atom is -0.251 e. The van der Waals surface area contributed by atoms with Crippen LogP contribution in [0.15, 0.2) is 0 Å². The summed E-state index contributed by atoms with van der Waals surface area (Å²) in [4.78, 5) is 0. The molecule has 0 aromatic rings. The molecule has 28 heavy (non-hydrogen) atoms. The van der Waals surface area contributed by atoms with Crippen LogP contribution in [0.2, 0.25) is 0 Å². The minimum atomic E-state index is -0.132. The topological polar surface area (TPSA) is 0 Å². The average molecular weight is 398 g/mol. The van der Waals surface area contributed by atoms with E-state index in [2.05, 4.69) is 13.3 Å². The molecule has 0 N–H and O–H groups in total. The van der Waals surface area contributed by atoms with E-state index in [9.17, 15) is 4.39 Å². The summed E-state index contributed by atoms with van der Waals surface area (Å²) in [6.07, 6.45) is 35.4. The van der Waals surface area contributed by atoms with Gasteiger partial charge in [0.2, 0.25) is 0 Å². The van der Waals surface area contributed by atoms with Crippen molar-refractivity contribution in [1.82, 2.24) is 0 Å². The first kappa shape index (κ1) is 27.9. The molecule has 0 aliphatic heterocycles. The van der Waals surface area contributed by atoms with Crippen molar-refractivity contribution in [2.24, 2.45) is 0 Å². The predicted molar refractivity (Wildman–Crippen MR) is 127 cm³/mol. The third-order valence-corrected chi connectivity index (χ3v) is 6.05. The van der Waals surface area contributed by atoms with Crippen LogP contribution in [0.5, 0.6) is 0 Å². The van der Waals surface area contributed by atoms with E-state index in [0.717, 1.165) is 12.8 Å². The normalized spacial score (nSPS) is 11.4. The van der Waals surface area contributed by atoms with Crippen molar-refractivity contribution in [1.29, 1.82) is 0 Å². The monoisotopic (exact) mass is 397 g/mol. The third kappa shape index (κ3) is 25.9. The molecular weight excluding hydrogens is 343 g/mol. The van der Waals surface area contributed by atoms with Crippen molar-refractivity contribution in [3.8, 4) is 0 Å². The summed E-state index contributed by atoms with van der Waals surface area (Å²) in [6.45, 7) is 2.16. The summed E-state index contributed by atoms with van der Waals surface area (Å²) in [5.74, 6) is 0. The van der Waals surface area contributed by atoms with E-state index >= 15 is 0 Å². The molecule has 0 heterocycles. The van der Waals surface area contributed by atoms with Crippen molar-refractivity contribution in [2.75, 3.05) is 6.67 Å². The van der Waals surface area contributed by atoms with Gasteiger partial charge in [-0.1, -0.05) is 155 Å². The molecule has 0 saturated heterocycles. The van der Waals surface area contributed by atoms with Crippen LogP contribution in [0.25, 0.3) is 0 Å². The molecule has 0 bridgehead atoms. The van der Waals surface area contributed by atoms with Crippen molar-refractivity contribution in [3.63, 3.8) is 0 Å². The summed E-state index contributed by atoms with van der Waals surface area (Å²) < 4.78 is 12.0.